The first-order valence-corrected chi connectivity index (χ1v) is 12.7. The molecule has 1 aliphatic carbocycles. The third-order valence-corrected chi connectivity index (χ3v) is 6.82. The molecule has 3 aromatic carbocycles. The van der Waals surface area contributed by atoms with Crippen LogP contribution in [0.15, 0.2) is 65.8 Å². The molecule has 0 saturated carbocycles. The first kappa shape index (κ1) is 25.0. The summed E-state index contributed by atoms with van der Waals surface area (Å²) in [6.45, 7) is 8.09. The van der Waals surface area contributed by atoms with Crippen LogP contribution in [-0.2, 0) is 28.9 Å². The summed E-state index contributed by atoms with van der Waals surface area (Å²) in [5.41, 5.74) is 9.86. The Kier molecular flexibility index (Phi) is 7.26. The van der Waals surface area contributed by atoms with E-state index in [9.17, 15) is 4.79 Å². The van der Waals surface area contributed by atoms with E-state index in [1.54, 1.807) is 6.21 Å². The Labute approximate surface area is 217 Å². The van der Waals surface area contributed by atoms with Gasteiger partial charge in [-0.25, -0.2) is 10.2 Å². The molecule has 1 fully saturated rings. The standard InChI is InChI=1S/C30H33N3O4/c1-20(2)27-15-25(28(13-21(27)3)35-19-22-7-5-4-6-8-22)18-31-33-29(34)32-26-10-9-23-16-30(17-24(23)14-26)36-11-12-37-30/h4-10,13-15,18,20H,11-12,16-17,19H2,1-3H3,(H2,32,33,34)/b31-18+. The second-order valence-electron chi connectivity index (χ2n) is 9.94. The van der Waals surface area contributed by atoms with E-state index in [-0.39, 0.29) is 0 Å². The van der Waals surface area contributed by atoms with E-state index in [2.05, 4.69) is 42.7 Å². The number of fused-ring (bicyclic) bond motifs is 1. The molecule has 2 amide bonds. The van der Waals surface area contributed by atoms with E-state index in [0.29, 0.717) is 37.8 Å². The highest BCUT2D eigenvalue weighted by molar-refractivity contribution is 5.91. The molecule has 0 unspecified atom stereocenters. The third-order valence-electron chi connectivity index (χ3n) is 6.82. The molecule has 3 aromatic rings. The normalized spacial score (nSPS) is 15.9. The van der Waals surface area contributed by atoms with Crippen LogP contribution < -0.4 is 15.5 Å². The summed E-state index contributed by atoms with van der Waals surface area (Å²) in [6.07, 6.45) is 3.06. The summed E-state index contributed by atoms with van der Waals surface area (Å²) >= 11 is 0. The summed E-state index contributed by atoms with van der Waals surface area (Å²) < 4.78 is 17.8. The van der Waals surface area contributed by atoms with Crippen LogP contribution in [0.25, 0.3) is 0 Å². The van der Waals surface area contributed by atoms with Gasteiger partial charge >= 0.3 is 6.03 Å². The fourth-order valence-corrected chi connectivity index (χ4v) is 5.00. The number of carbonyl (C=O) groups excluding carboxylic acids is 1. The number of nitrogens with one attached hydrogen (secondary N) is 2. The quantitative estimate of drug-likeness (QED) is 0.323. The number of aryl methyl sites for hydroxylation is 1. The van der Waals surface area contributed by atoms with Gasteiger partial charge < -0.3 is 19.5 Å². The number of hydrazone groups is 1. The molecule has 5 rings (SSSR count). The van der Waals surface area contributed by atoms with Crippen molar-refractivity contribution in [1.29, 1.82) is 0 Å². The van der Waals surface area contributed by atoms with Crippen molar-refractivity contribution in [2.24, 2.45) is 5.10 Å². The minimum Gasteiger partial charge on any atom is -0.488 e. The molecule has 1 saturated heterocycles. The second-order valence-corrected chi connectivity index (χ2v) is 9.94. The smallest absolute Gasteiger partial charge is 0.339 e. The van der Waals surface area contributed by atoms with Crippen molar-refractivity contribution in [3.05, 3.63) is 94.0 Å². The number of ether oxygens (including phenoxy) is 3. The highest BCUT2D eigenvalue weighted by Crippen LogP contribution is 2.37. The van der Waals surface area contributed by atoms with Crippen molar-refractivity contribution < 1.29 is 19.0 Å². The lowest BCUT2D eigenvalue weighted by atomic mass is 9.95. The number of anilines is 1. The Morgan fingerprint density at radius 1 is 1.05 bits per heavy atom. The monoisotopic (exact) mass is 499 g/mol. The molecule has 0 atom stereocenters. The van der Waals surface area contributed by atoms with Crippen molar-refractivity contribution >= 4 is 17.9 Å². The maximum atomic E-state index is 12.6. The van der Waals surface area contributed by atoms with E-state index in [1.807, 2.05) is 54.6 Å². The highest BCUT2D eigenvalue weighted by Gasteiger charge is 2.42. The number of hydrogen-bond donors (Lipinski definition) is 2. The van der Waals surface area contributed by atoms with Crippen LogP contribution in [0.1, 0.15) is 53.1 Å². The van der Waals surface area contributed by atoms with Gasteiger partial charge in [-0.3, -0.25) is 0 Å². The largest absolute Gasteiger partial charge is 0.488 e. The summed E-state index contributed by atoms with van der Waals surface area (Å²) in [6, 6.07) is 19.6. The minimum absolute atomic E-state index is 0.352. The molecule has 1 spiro atoms. The van der Waals surface area contributed by atoms with Gasteiger partial charge in [0, 0.05) is 24.1 Å². The lowest BCUT2D eigenvalue weighted by molar-refractivity contribution is -0.147. The number of carbonyl (C=O) groups is 1. The maximum absolute atomic E-state index is 12.6. The molecule has 37 heavy (non-hydrogen) atoms. The van der Waals surface area contributed by atoms with Crippen molar-refractivity contribution in [2.45, 2.75) is 51.9 Å². The average Bonchev–Trinajstić information content (AvgIpc) is 3.49. The van der Waals surface area contributed by atoms with Gasteiger partial charge in [0.25, 0.3) is 0 Å². The Morgan fingerprint density at radius 3 is 2.57 bits per heavy atom. The fraction of sp³-hybridized carbons (Fsp3) is 0.333. The van der Waals surface area contributed by atoms with Crippen LogP contribution >= 0.6 is 0 Å². The van der Waals surface area contributed by atoms with Gasteiger partial charge in [-0.05, 0) is 64.9 Å². The zero-order valence-electron chi connectivity index (χ0n) is 21.5. The van der Waals surface area contributed by atoms with Crippen LogP contribution in [0.2, 0.25) is 0 Å². The van der Waals surface area contributed by atoms with Crippen LogP contribution in [0.4, 0.5) is 10.5 Å². The molecular formula is C30H33N3O4. The molecule has 1 aliphatic heterocycles. The van der Waals surface area contributed by atoms with E-state index < -0.39 is 11.8 Å². The highest BCUT2D eigenvalue weighted by atomic mass is 16.7. The summed E-state index contributed by atoms with van der Waals surface area (Å²) in [7, 11) is 0. The molecular weight excluding hydrogens is 466 g/mol. The number of amides is 2. The zero-order valence-corrected chi connectivity index (χ0v) is 21.5. The van der Waals surface area contributed by atoms with Gasteiger partial charge in [0.1, 0.15) is 12.4 Å². The first-order valence-electron chi connectivity index (χ1n) is 12.7. The maximum Gasteiger partial charge on any atom is 0.339 e. The van der Waals surface area contributed by atoms with Crippen molar-refractivity contribution in [2.75, 3.05) is 18.5 Å². The summed E-state index contributed by atoms with van der Waals surface area (Å²) in [4.78, 5) is 12.6. The summed E-state index contributed by atoms with van der Waals surface area (Å²) in [5, 5.41) is 7.07. The molecule has 1 heterocycles. The Morgan fingerprint density at radius 2 is 1.81 bits per heavy atom. The molecule has 0 bridgehead atoms. The van der Waals surface area contributed by atoms with Gasteiger partial charge in [-0.1, -0.05) is 50.2 Å². The lowest BCUT2D eigenvalue weighted by Crippen LogP contribution is -2.30. The topological polar surface area (TPSA) is 81.2 Å². The Balaban J connectivity index is 1.24. The SMILES string of the molecule is Cc1cc(OCc2ccccc2)c(/C=N/NC(=O)Nc2ccc3c(c2)CC2(C3)OCCO2)cc1C(C)C. The lowest BCUT2D eigenvalue weighted by Gasteiger charge is -2.20. The number of benzene rings is 3. The minimum atomic E-state index is -0.531. The van der Waals surface area contributed by atoms with Gasteiger partial charge in [-0.2, -0.15) is 5.10 Å². The van der Waals surface area contributed by atoms with Gasteiger partial charge in [0.2, 0.25) is 0 Å². The Hall–Kier alpha value is -3.68. The zero-order chi connectivity index (χ0) is 25.8. The molecule has 0 aromatic heterocycles. The molecule has 7 nitrogen and oxygen atoms in total. The van der Waals surface area contributed by atoms with Crippen molar-refractivity contribution in [1.82, 2.24) is 5.43 Å². The van der Waals surface area contributed by atoms with Gasteiger partial charge in [-0.15, -0.1) is 0 Å². The van der Waals surface area contributed by atoms with E-state index in [4.69, 9.17) is 14.2 Å². The number of urea groups is 1. The van der Waals surface area contributed by atoms with Crippen molar-refractivity contribution in [3.63, 3.8) is 0 Å². The number of hydrogen-bond acceptors (Lipinski definition) is 5. The van der Waals surface area contributed by atoms with Crippen LogP contribution in [0, 0.1) is 6.92 Å². The molecule has 7 heteroatoms. The molecule has 2 aliphatic rings. The third kappa shape index (κ3) is 5.84. The van der Waals surface area contributed by atoms with Gasteiger partial charge in [0.15, 0.2) is 5.79 Å². The van der Waals surface area contributed by atoms with Crippen molar-refractivity contribution in [3.8, 4) is 5.75 Å². The van der Waals surface area contributed by atoms with E-state index >= 15 is 0 Å². The summed E-state index contributed by atoms with van der Waals surface area (Å²) in [5.74, 6) is 0.544. The Bertz CT molecular complexity index is 1300. The predicted molar refractivity (Wildman–Crippen MR) is 144 cm³/mol. The van der Waals surface area contributed by atoms with E-state index in [1.165, 1.54) is 11.1 Å². The van der Waals surface area contributed by atoms with E-state index in [0.717, 1.165) is 34.4 Å². The molecule has 0 radical (unpaired) electrons. The van der Waals surface area contributed by atoms with Crippen LogP contribution in [-0.4, -0.2) is 31.2 Å². The van der Waals surface area contributed by atoms with Gasteiger partial charge in [0.05, 0.1) is 19.4 Å². The first-order chi connectivity index (χ1) is 17.9. The molecule has 2 N–H and O–H groups in total. The van der Waals surface area contributed by atoms with Crippen LogP contribution in [0.3, 0.4) is 0 Å². The number of nitrogens with zero attached hydrogens (tertiary/aromatic N) is 1. The molecule has 192 valence electrons. The number of rotatable bonds is 7. The second kappa shape index (κ2) is 10.7. The average molecular weight is 500 g/mol. The predicted octanol–water partition coefficient (Wildman–Crippen LogP) is 5.69. The van der Waals surface area contributed by atoms with Crippen LogP contribution in [0.5, 0.6) is 5.75 Å². The fourth-order valence-electron chi connectivity index (χ4n) is 5.00.